The van der Waals surface area contributed by atoms with Gasteiger partial charge in [0.2, 0.25) is 5.91 Å². The third kappa shape index (κ3) is 5.85. The molecule has 0 bridgehead atoms. The summed E-state index contributed by atoms with van der Waals surface area (Å²) in [6.45, 7) is 0. The third-order valence-electron chi connectivity index (χ3n) is 2.21. The molecule has 1 amide bonds. The predicted octanol–water partition coefficient (Wildman–Crippen LogP) is 2.16. The molecule has 0 fully saturated rings. The van der Waals surface area contributed by atoms with Crippen molar-refractivity contribution < 1.29 is 14.3 Å². The quantitative estimate of drug-likeness (QED) is 0.478. The van der Waals surface area contributed by atoms with Crippen LogP contribution in [0.3, 0.4) is 0 Å². The summed E-state index contributed by atoms with van der Waals surface area (Å²) in [4.78, 5) is 22.5. The van der Waals surface area contributed by atoms with Crippen molar-refractivity contribution in [3.05, 3.63) is 23.2 Å². The fourth-order valence-corrected chi connectivity index (χ4v) is 2.18. The number of nitrogens with two attached hydrogens (primary N) is 1. The van der Waals surface area contributed by atoms with E-state index < -0.39 is 0 Å². The van der Waals surface area contributed by atoms with Gasteiger partial charge in [-0.15, -0.1) is 11.8 Å². The smallest absolute Gasteiger partial charge is 0.315 e. The Bertz CT molecular complexity index is 468. The first kappa shape index (κ1) is 15.7. The number of esters is 1. The molecule has 0 spiro atoms. The number of nitrogen functional groups attached to an aromatic ring is 1. The summed E-state index contributed by atoms with van der Waals surface area (Å²) in [5.41, 5.74) is 6.67. The highest BCUT2D eigenvalue weighted by atomic mass is 35.5. The lowest BCUT2D eigenvalue weighted by Gasteiger charge is -2.08. The molecule has 1 rings (SSSR count). The number of anilines is 2. The summed E-state index contributed by atoms with van der Waals surface area (Å²) >= 11 is 7.10. The van der Waals surface area contributed by atoms with Crippen LogP contribution in [-0.2, 0) is 14.3 Å². The van der Waals surface area contributed by atoms with E-state index in [9.17, 15) is 9.59 Å². The average Bonchev–Trinajstić information content (AvgIpc) is 2.37. The number of methoxy groups -OCH3 is 1. The Morgan fingerprint density at radius 3 is 2.84 bits per heavy atom. The second-order valence-corrected chi connectivity index (χ2v) is 5.20. The number of nitrogens with one attached hydrogen (secondary N) is 1. The summed E-state index contributed by atoms with van der Waals surface area (Å²) in [6, 6.07) is 4.87. The molecule has 0 radical (unpaired) electrons. The molecule has 0 saturated heterocycles. The van der Waals surface area contributed by atoms with Gasteiger partial charge in [0, 0.05) is 17.2 Å². The number of carbonyl (C=O) groups is 2. The zero-order valence-corrected chi connectivity index (χ0v) is 12.0. The lowest BCUT2D eigenvalue weighted by molar-refractivity contribution is -0.137. The van der Waals surface area contributed by atoms with Crippen LogP contribution >= 0.6 is 23.4 Å². The molecule has 0 aliphatic carbocycles. The fourth-order valence-electron chi connectivity index (χ4n) is 1.24. The number of halogens is 1. The van der Waals surface area contributed by atoms with Gasteiger partial charge < -0.3 is 15.8 Å². The van der Waals surface area contributed by atoms with E-state index in [0.717, 1.165) is 0 Å². The van der Waals surface area contributed by atoms with Crippen molar-refractivity contribution in [2.45, 2.75) is 6.42 Å². The van der Waals surface area contributed by atoms with E-state index >= 15 is 0 Å². The zero-order valence-electron chi connectivity index (χ0n) is 10.4. The van der Waals surface area contributed by atoms with E-state index in [2.05, 4.69) is 10.1 Å². The van der Waals surface area contributed by atoms with Gasteiger partial charge in [0.15, 0.2) is 0 Å². The van der Waals surface area contributed by atoms with Crippen LogP contribution in [0.15, 0.2) is 18.2 Å². The standard InChI is InChI=1S/C12H15ClN2O3S/c1-18-12(17)7-19-5-4-11(16)15-10-3-2-8(13)6-9(10)14/h2-3,6H,4-5,7,14H2,1H3,(H,15,16). The molecule has 0 aliphatic heterocycles. The average molecular weight is 303 g/mol. The van der Waals surface area contributed by atoms with Crippen molar-refractivity contribution in [1.29, 1.82) is 0 Å². The van der Waals surface area contributed by atoms with Crippen molar-refractivity contribution >= 4 is 46.6 Å². The van der Waals surface area contributed by atoms with E-state index in [1.165, 1.54) is 18.9 Å². The Kier molecular flexibility index (Phi) is 6.52. The van der Waals surface area contributed by atoms with Gasteiger partial charge in [0.1, 0.15) is 0 Å². The van der Waals surface area contributed by atoms with Gasteiger partial charge in [-0.2, -0.15) is 0 Å². The van der Waals surface area contributed by atoms with Gasteiger partial charge in [-0.3, -0.25) is 9.59 Å². The maximum absolute atomic E-state index is 11.6. The molecule has 0 aliphatic rings. The molecular weight excluding hydrogens is 288 g/mol. The monoisotopic (exact) mass is 302 g/mol. The van der Waals surface area contributed by atoms with E-state index in [-0.39, 0.29) is 17.6 Å². The first-order chi connectivity index (χ1) is 9.02. The van der Waals surface area contributed by atoms with Crippen molar-refractivity contribution in [2.24, 2.45) is 0 Å². The normalized spacial score (nSPS) is 10.0. The van der Waals surface area contributed by atoms with Crippen LogP contribution in [0, 0.1) is 0 Å². The molecule has 0 aromatic heterocycles. The molecule has 0 heterocycles. The first-order valence-electron chi connectivity index (χ1n) is 5.52. The Balaban J connectivity index is 2.33. The Labute approximate surface area is 120 Å². The highest BCUT2D eigenvalue weighted by molar-refractivity contribution is 7.99. The van der Waals surface area contributed by atoms with E-state index in [1.54, 1.807) is 18.2 Å². The summed E-state index contributed by atoms with van der Waals surface area (Å²) in [7, 11) is 1.33. The van der Waals surface area contributed by atoms with Crippen LogP contribution in [0.2, 0.25) is 5.02 Å². The van der Waals surface area contributed by atoms with Crippen molar-refractivity contribution in [3.8, 4) is 0 Å². The van der Waals surface area contributed by atoms with E-state index in [1.807, 2.05) is 0 Å². The molecule has 7 heteroatoms. The summed E-state index contributed by atoms with van der Waals surface area (Å²) < 4.78 is 4.49. The van der Waals surface area contributed by atoms with Crippen LogP contribution in [0.1, 0.15) is 6.42 Å². The minimum Gasteiger partial charge on any atom is -0.468 e. The number of amides is 1. The molecule has 104 valence electrons. The lowest BCUT2D eigenvalue weighted by Crippen LogP contribution is -2.14. The second-order valence-electron chi connectivity index (χ2n) is 3.66. The van der Waals surface area contributed by atoms with E-state index in [4.69, 9.17) is 17.3 Å². The summed E-state index contributed by atoms with van der Waals surface area (Å²) in [5.74, 6) is 0.320. The van der Waals surface area contributed by atoms with Gasteiger partial charge in [-0.1, -0.05) is 11.6 Å². The number of ether oxygens (including phenoxy) is 1. The number of benzene rings is 1. The number of thioether (sulfide) groups is 1. The molecule has 5 nitrogen and oxygen atoms in total. The van der Waals surface area contributed by atoms with E-state index in [0.29, 0.717) is 28.6 Å². The molecular formula is C12H15ClN2O3S. The van der Waals surface area contributed by atoms with Gasteiger partial charge >= 0.3 is 5.97 Å². The third-order valence-corrected chi connectivity index (χ3v) is 3.38. The van der Waals surface area contributed by atoms with Crippen molar-refractivity contribution in [2.75, 3.05) is 29.7 Å². The number of hydrogen-bond acceptors (Lipinski definition) is 5. The highest BCUT2D eigenvalue weighted by Crippen LogP contribution is 2.22. The molecule has 3 N–H and O–H groups in total. The fraction of sp³-hybridized carbons (Fsp3) is 0.333. The van der Waals surface area contributed by atoms with Crippen LogP contribution in [0.4, 0.5) is 11.4 Å². The number of rotatable bonds is 6. The molecule has 1 aromatic rings. The zero-order chi connectivity index (χ0) is 14.3. The van der Waals surface area contributed by atoms with Crippen LogP contribution in [-0.4, -0.2) is 30.5 Å². The van der Waals surface area contributed by atoms with Gasteiger partial charge in [-0.25, -0.2) is 0 Å². The van der Waals surface area contributed by atoms with Crippen LogP contribution in [0.5, 0.6) is 0 Å². The molecule has 1 aromatic carbocycles. The van der Waals surface area contributed by atoms with Gasteiger partial charge in [-0.05, 0) is 18.2 Å². The van der Waals surface area contributed by atoms with Crippen LogP contribution < -0.4 is 11.1 Å². The van der Waals surface area contributed by atoms with Gasteiger partial charge in [0.05, 0.1) is 24.2 Å². The second kappa shape index (κ2) is 7.91. The Hall–Kier alpha value is -1.40. The maximum Gasteiger partial charge on any atom is 0.315 e. The molecule has 0 saturated carbocycles. The minimum atomic E-state index is -0.299. The number of carbonyl (C=O) groups excluding carboxylic acids is 2. The molecule has 19 heavy (non-hydrogen) atoms. The minimum absolute atomic E-state index is 0.161. The molecule has 0 atom stereocenters. The first-order valence-corrected chi connectivity index (χ1v) is 7.05. The topological polar surface area (TPSA) is 81.4 Å². The largest absolute Gasteiger partial charge is 0.468 e. The summed E-state index contributed by atoms with van der Waals surface area (Å²) in [5, 5.41) is 3.21. The predicted molar refractivity (Wildman–Crippen MR) is 78.5 cm³/mol. The number of hydrogen-bond donors (Lipinski definition) is 2. The Morgan fingerprint density at radius 1 is 1.47 bits per heavy atom. The summed E-state index contributed by atoms with van der Waals surface area (Å²) in [6.07, 6.45) is 0.295. The van der Waals surface area contributed by atoms with Crippen LogP contribution in [0.25, 0.3) is 0 Å². The Morgan fingerprint density at radius 2 is 2.21 bits per heavy atom. The molecule has 0 unspecified atom stereocenters. The van der Waals surface area contributed by atoms with Crippen molar-refractivity contribution in [3.63, 3.8) is 0 Å². The van der Waals surface area contributed by atoms with Crippen molar-refractivity contribution in [1.82, 2.24) is 0 Å². The lowest BCUT2D eigenvalue weighted by atomic mass is 10.2. The maximum atomic E-state index is 11.6. The van der Waals surface area contributed by atoms with Gasteiger partial charge in [0.25, 0.3) is 0 Å². The SMILES string of the molecule is COC(=O)CSCCC(=O)Nc1ccc(Cl)cc1N. The highest BCUT2D eigenvalue weighted by Gasteiger charge is 2.07.